The van der Waals surface area contributed by atoms with Crippen LogP contribution in [0.5, 0.6) is 11.5 Å². The molecule has 7 heteroatoms. The summed E-state index contributed by atoms with van der Waals surface area (Å²) in [5.41, 5.74) is 20.1. The Bertz CT molecular complexity index is 4130. The molecular weight excluding hydrogens is 881 g/mol. The van der Waals surface area contributed by atoms with Gasteiger partial charge >= 0.3 is 0 Å². The van der Waals surface area contributed by atoms with Crippen LogP contribution in [0.4, 0.5) is 22.7 Å². The van der Waals surface area contributed by atoms with Crippen LogP contribution >= 0.6 is 0 Å². The van der Waals surface area contributed by atoms with E-state index in [2.05, 4.69) is 273 Å². The summed E-state index contributed by atoms with van der Waals surface area (Å²) < 4.78 is 11.9. The van der Waals surface area contributed by atoms with Gasteiger partial charge in [-0.2, -0.15) is 0 Å². The number of rotatable bonds is 7. The van der Waals surface area contributed by atoms with Gasteiger partial charge in [-0.25, -0.2) is 0 Å². The molecule has 5 heterocycles. The number of ether oxygens (including phenoxy) is 1. The summed E-state index contributed by atoms with van der Waals surface area (Å²) in [5.74, 6) is 1.54. The van der Waals surface area contributed by atoms with Crippen molar-refractivity contribution in [2.24, 2.45) is 0 Å². The first-order valence-corrected chi connectivity index (χ1v) is 24.7. The van der Waals surface area contributed by atoms with Crippen molar-refractivity contribution in [2.45, 2.75) is 0 Å². The highest BCUT2D eigenvalue weighted by molar-refractivity contribution is 6.22. The van der Waals surface area contributed by atoms with E-state index in [0.717, 1.165) is 39.6 Å². The Morgan fingerprint density at radius 1 is 0.403 bits per heavy atom. The lowest BCUT2D eigenvalue weighted by Gasteiger charge is -2.27. The van der Waals surface area contributed by atoms with Crippen molar-refractivity contribution in [1.82, 2.24) is 14.1 Å². The lowest BCUT2D eigenvalue weighted by Crippen LogP contribution is -2.31. The van der Waals surface area contributed by atoms with Crippen LogP contribution in [-0.2, 0) is 0 Å². The number of anilines is 4. The Morgan fingerprint density at radius 3 is 1.82 bits per heavy atom. The quantitative estimate of drug-likeness (QED) is 0.159. The predicted octanol–water partition coefficient (Wildman–Crippen LogP) is 16.2. The van der Waals surface area contributed by atoms with Crippen molar-refractivity contribution in [2.75, 3.05) is 35.2 Å². The van der Waals surface area contributed by atoms with Crippen LogP contribution in [0.3, 0.4) is 0 Å². The molecule has 7 nitrogen and oxygen atoms in total. The fourth-order valence-electron chi connectivity index (χ4n) is 11.9. The Kier molecular flexibility index (Phi) is 8.86. The van der Waals surface area contributed by atoms with Gasteiger partial charge in [-0.1, -0.05) is 158 Å². The van der Waals surface area contributed by atoms with E-state index in [4.69, 9.17) is 4.74 Å². The van der Waals surface area contributed by atoms with E-state index in [-0.39, 0.29) is 0 Å². The number of benzene rings is 10. The van der Waals surface area contributed by atoms with Gasteiger partial charge in [0.2, 0.25) is 0 Å². The largest absolute Gasteiger partial charge is 0.457 e. The summed E-state index contributed by atoms with van der Waals surface area (Å²) in [6, 6.07) is 81.3. The number of hydrogen-bond donors (Lipinski definition) is 0. The highest BCUT2D eigenvalue weighted by Crippen LogP contribution is 2.53. The van der Waals surface area contributed by atoms with Gasteiger partial charge in [0, 0.05) is 81.1 Å². The molecule has 15 rings (SSSR count). The van der Waals surface area contributed by atoms with E-state index >= 15 is 0 Å². The zero-order valence-electron chi connectivity index (χ0n) is 39.5. The van der Waals surface area contributed by atoms with E-state index in [0.29, 0.717) is 13.3 Å². The molecule has 0 amide bonds. The Balaban J connectivity index is 0.857. The molecule has 0 spiro atoms. The van der Waals surface area contributed by atoms with Crippen molar-refractivity contribution < 1.29 is 4.74 Å². The van der Waals surface area contributed by atoms with Crippen molar-refractivity contribution in [3.63, 3.8) is 0 Å². The van der Waals surface area contributed by atoms with Gasteiger partial charge in [0.25, 0.3) is 0 Å². The molecule has 0 atom stereocenters. The van der Waals surface area contributed by atoms with Crippen LogP contribution in [0.25, 0.3) is 93.8 Å². The van der Waals surface area contributed by atoms with Crippen molar-refractivity contribution in [3.8, 4) is 61.7 Å². The van der Waals surface area contributed by atoms with Crippen LogP contribution in [-0.4, -0.2) is 34.5 Å². The van der Waals surface area contributed by atoms with Gasteiger partial charge < -0.3 is 24.0 Å². The summed E-state index contributed by atoms with van der Waals surface area (Å²) in [7, 11) is 2.12. The molecule has 0 unspecified atom stereocenters. The third-order valence-corrected chi connectivity index (χ3v) is 15.0. The minimum atomic E-state index is 0.624. The Labute approximate surface area is 417 Å². The van der Waals surface area contributed by atoms with Gasteiger partial charge in [0.05, 0.1) is 44.8 Å². The van der Waals surface area contributed by atoms with E-state index in [1.165, 1.54) is 88.5 Å². The highest BCUT2D eigenvalue weighted by atomic mass is 16.5. The smallest absolute Gasteiger partial charge is 0.129 e. The normalized spacial score (nSPS) is 13.6. The number of nitrogens with zero attached hydrogens (tertiary/aromatic N) is 6. The third kappa shape index (κ3) is 6.04. The fourth-order valence-corrected chi connectivity index (χ4v) is 11.9. The zero-order valence-corrected chi connectivity index (χ0v) is 39.5. The molecule has 342 valence electrons. The van der Waals surface area contributed by atoms with Crippen LogP contribution in [0.2, 0.25) is 0 Å². The SMILES string of the molecule is CN1C=CN(n2c3cc(Oc4cccc(N5CN(c6c(-c7ccccc7)cccc6-c6ccccc6)c6ccccc65)c4)ccc3c3c4c(ccc32)-n2c3ccccc3c3cccc(c32)-c2ccccc2-4)C1. The Hall–Kier alpha value is -9.46. The lowest BCUT2D eigenvalue weighted by molar-refractivity contribution is 0.465. The molecule has 0 fully saturated rings. The van der Waals surface area contributed by atoms with E-state index in [1.807, 2.05) is 0 Å². The Morgan fingerprint density at radius 2 is 1.04 bits per heavy atom. The number of aromatic nitrogens is 2. The molecule has 2 aromatic heterocycles. The average molecular weight is 927 g/mol. The summed E-state index contributed by atoms with van der Waals surface area (Å²) in [6.45, 7) is 1.34. The molecular formula is C65H46N6O. The second-order valence-electron chi connectivity index (χ2n) is 19.1. The molecule has 0 saturated heterocycles. The maximum Gasteiger partial charge on any atom is 0.129 e. The van der Waals surface area contributed by atoms with Gasteiger partial charge in [0.1, 0.15) is 24.8 Å². The van der Waals surface area contributed by atoms with Gasteiger partial charge in [-0.3, -0.25) is 9.69 Å². The molecule has 0 aliphatic carbocycles. The first-order valence-electron chi connectivity index (χ1n) is 24.7. The number of fused-ring (bicyclic) bond motifs is 13. The van der Waals surface area contributed by atoms with Gasteiger partial charge in [-0.05, 0) is 76.9 Å². The fraction of sp³-hybridized carbons (Fsp3) is 0.0462. The minimum Gasteiger partial charge on any atom is -0.457 e. The first-order chi connectivity index (χ1) is 35.6. The summed E-state index contributed by atoms with van der Waals surface area (Å²) >= 11 is 0. The minimum absolute atomic E-state index is 0.624. The van der Waals surface area contributed by atoms with Crippen molar-refractivity contribution in [1.29, 1.82) is 0 Å². The number of para-hydroxylation sites is 5. The molecule has 0 bridgehead atoms. The molecule has 72 heavy (non-hydrogen) atoms. The van der Waals surface area contributed by atoms with E-state index in [9.17, 15) is 0 Å². The molecule has 0 N–H and O–H groups in total. The maximum atomic E-state index is 6.98. The molecule has 12 aromatic rings. The second kappa shape index (κ2) is 15.8. The van der Waals surface area contributed by atoms with Crippen LogP contribution in [0, 0.1) is 0 Å². The van der Waals surface area contributed by atoms with Crippen LogP contribution < -0.4 is 19.5 Å². The van der Waals surface area contributed by atoms with Crippen molar-refractivity contribution >= 4 is 66.4 Å². The molecule has 0 saturated carbocycles. The van der Waals surface area contributed by atoms with Gasteiger partial charge in [0.15, 0.2) is 0 Å². The highest BCUT2D eigenvalue weighted by Gasteiger charge is 2.33. The molecule has 3 aliphatic heterocycles. The molecule has 10 aromatic carbocycles. The average Bonchev–Trinajstić information content (AvgIpc) is 4.20. The predicted molar refractivity (Wildman–Crippen MR) is 298 cm³/mol. The van der Waals surface area contributed by atoms with Crippen LogP contribution in [0.15, 0.2) is 237 Å². The third-order valence-electron chi connectivity index (χ3n) is 15.0. The maximum absolute atomic E-state index is 6.98. The zero-order chi connectivity index (χ0) is 47.4. The van der Waals surface area contributed by atoms with E-state index in [1.54, 1.807) is 0 Å². The van der Waals surface area contributed by atoms with E-state index < -0.39 is 0 Å². The second-order valence-corrected chi connectivity index (χ2v) is 19.1. The first kappa shape index (κ1) is 40.4. The standard InChI is InChI=1S/C65H46N6O/c1-66-37-38-67(41-66)71-60-36-35-59-62(52-25-9-8-23-50(52)53-28-16-29-54-51-24-10-11-30-56(51)70(59)65(53)54)63(60)55-34-33-47(40-61(55)71)72-46-22-14-21-45(39-46)68-42-69(58-32-13-12-31-57(58)68)64-48(43-17-4-2-5-18-43)26-15-27-49(64)44-19-6-3-7-20-44/h2-40H,41-42H2,1H3. The summed E-state index contributed by atoms with van der Waals surface area (Å²) in [6.07, 6.45) is 4.31. The van der Waals surface area contributed by atoms with Gasteiger partial charge in [-0.15, -0.1) is 0 Å². The molecule has 3 aliphatic rings. The topological polar surface area (TPSA) is 32.1 Å². The van der Waals surface area contributed by atoms with Crippen molar-refractivity contribution in [3.05, 3.63) is 237 Å². The molecule has 0 radical (unpaired) electrons. The number of hydrogen-bond acceptors (Lipinski definition) is 5. The monoisotopic (exact) mass is 926 g/mol. The lowest BCUT2D eigenvalue weighted by atomic mass is 9.91. The summed E-state index contributed by atoms with van der Waals surface area (Å²) in [5, 5.41) is 7.21. The summed E-state index contributed by atoms with van der Waals surface area (Å²) in [4.78, 5) is 7.09. The van der Waals surface area contributed by atoms with Crippen LogP contribution in [0.1, 0.15) is 0 Å².